The van der Waals surface area contributed by atoms with Gasteiger partial charge < -0.3 is 5.11 Å². The quantitative estimate of drug-likeness (QED) is 0.871. The van der Waals surface area contributed by atoms with Crippen LogP contribution in [0.5, 0.6) is 5.75 Å². The van der Waals surface area contributed by atoms with Crippen LogP contribution in [-0.4, -0.2) is 10.9 Å². The Labute approximate surface area is 83.5 Å². The van der Waals surface area contributed by atoms with Gasteiger partial charge in [0.2, 0.25) is 0 Å². The zero-order valence-corrected chi connectivity index (χ0v) is 8.56. The number of halogens is 2. The number of hydrogen-bond acceptors (Lipinski definition) is 2. The van der Waals surface area contributed by atoms with Crippen LogP contribution in [0.2, 0.25) is 0 Å². The Bertz CT molecular complexity index is 326. The number of ketones is 1. The number of benzene rings is 1. The third-order valence-electron chi connectivity index (χ3n) is 1.52. The lowest BCUT2D eigenvalue weighted by atomic mass is 10.1. The maximum absolute atomic E-state index is 12.9. The van der Waals surface area contributed by atoms with Crippen molar-refractivity contribution in [2.45, 2.75) is 13.3 Å². The SMILES string of the molecule is CC(=O)Cc1cc(O)c(F)c(Br)c1. The first-order chi connectivity index (χ1) is 6.00. The minimum absolute atomic E-state index is 0.0297. The molecule has 0 aliphatic rings. The molecule has 0 unspecified atom stereocenters. The van der Waals surface area contributed by atoms with Crippen molar-refractivity contribution >= 4 is 21.7 Å². The zero-order chi connectivity index (χ0) is 10.0. The summed E-state index contributed by atoms with van der Waals surface area (Å²) in [6, 6.07) is 2.73. The van der Waals surface area contributed by atoms with Gasteiger partial charge in [-0.05, 0) is 40.5 Å². The van der Waals surface area contributed by atoms with Gasteiger partial charge in [-0.1, -0.05) is 0 Å². The second kappa shape index (κ2) is 3.87. The number of phenols is 1. The van der Waals surface area contributed by atoms with Gasteiger partial charge in [-0.15, -0.1) is 0 Å². The lowest BCUT2D eigenvalue weighted by molar-refractivity contribution is -0.116. The third-order valence-corrected chi connectivity index (χ3v) is 2.10. The smallest absolute Gasteiger partial charge is 0.178 e. The second-order valence-electron chi connectivity index (χ2n) is 2.79. The van der Waals surface area contributed by atoms with Gasteiger partial charge in [-0.25, -0.2) is 4.39 Å². The summed E-state index contributed by atoms with van der Waals surface area (Å²) in [4.78, 5) is 10.7. The van der Waals surface area contributed by atoms with E-state index in [-0.39, 0.29) is 16.7 Å². The molecule has 1 aromatic carbocycles. The minimum atomic E-state index is -0.702. The summed E-state index contributed by atoms with van der Waals surface area (Å²) in [5.41, 5.74) is 0.596. The number of Topliss-reactive ketones (excluding diaryl/α,β-unsaturated/α-hetero) is 1. The monoisotopic (exact) mass is 246 g/mol. The van der Waals surface area contributed by atoms with Crippen molar-refractivity contribution in [1.29, 1.82) is 0 Å². The van der Waals surface area contributed by atoms with Gasteiger partial charge in [-0.3, -0.25) is 4.79 Å². The lowest BCUT2D eigenvalue weighted by Gasteiger charge is -2.02. The highest BCUT2D eigenvalue weighted by atomic mass is 79.9. The van der Waals surface area contributed by atoms with E-state index in [9.17, 15) is 9.18 Å². The zero-order valence-electron chi connectivity index (χ0n) is 6.97. The molecule has 0 aliphatic heterocycles. The fourth-order valence-electron chi connectivity index (χ4n) is 1.02. The Morgan fingerprint density at radius 3 is 2.69 bits per heavy atom. The summed E-state index contributed by atoms with van der Waals surface area (Å²) < 4.78 is 13.0. The Balaban J connectivity index is 3.06. The third kappa shape index (κ3) is 2.52. The largest absolute Gasteiger partial charge is 0.505 e. The summed E-state index contributed by atoms with van der Waals surface area (Å²) >= 11 is 2.94. The van der Waals surface area contributed by atoms with E-state index in [4.69, 9.17) is 5.11 Å². The highest BCUT2D eigenvalue weighted by Crippen LogP contribution is 2.26. The van der Waals surface area contributed by atoms with Gasteiger partial charge in [0.15, 0.2) is 11.6 Å². The molecule has 0 atom stereocenters. The van der Waals surface area contributed by atoms with Crippen molar-refractivity contribution in [2.24, 2.45) is 0 Å². The molecule has 0 heterocycles. The maximum atomic E-state index is 12.9. The van der Waals surface area contributed by atoms with Crippen molar-refractivity contribution in [1.82, 2.24) is 0 Å². The molecule has 13 heavy (non-hydrogen) atoms. The van der Waals surface area contributed by atoms with Crippen molar-refractivity contribution in [2.75, 3.05) is 0 Å². The first kappa shape index (κ1) is 10.2. The first-order valence-corrected chi connectivity index (χ1v) is 4.46. The Morgan fingerprint density at radius 2 is 2.23 bits per heavy atom. The minimum Gasteiger partial charge on any atom is -0.505 e. The predicted molar refractivity (Wildman–Crippen MR) is 50.1 cm³/mol. The van der Waals surface area contributed by atoms with E-state index < -0.39 is 11.6 Å². The van der Waals surface area contributed by atoms with E-state index in [1.165, 1.54) is 19.1 Å². The van der Waals surface area contributed by atoms with Crippen LogP contribution in [-0.2, 0) is 11.2 Å². The molecule has 0 aliphatic carbocycles. The first-order valence-electron chi connectivity index (χ1n) is 3.67. The lowest BCUT2D eigenvalue weighted by Crippen LogP contribution is -1.96. The Hall–Kier alpha value is -0.900. The van der Waals surface area contributed by atoms with Gasteiger partial charge in [0.05, 0.1) is 4.47 Å². The number of rotatable bonds is 2. The number of carbonyl (C=O) groups is 1. The van der Waals surface area contributed by atoms with Crippen LogP contribution in [0.25, 0.3) is 0 Å². The fraction of sp³-hybridized carbons (Fsp3) is 0.222. The molecule has 0 bridgehead atoms. The van der Waals surface area contributed by atoms with Gasteiger partial charge in [0, 0.05) is 6.42 Å². The molecule has 0 saturated carbocycles. The molecule has 1 N–H and O–H groups in total. The van der Waals surface area contributed by atoms with Crippen molar-refractivity contribution in [3.63, 3.8) is 0 Å². The highest BCUT2D eigenvalue weighted by Gasteiger charge is 2.08. The molecule has 0 fully saturated rings. The molecule has 0 radical (unpaired) electrons. The molecular weight excluding hydrogens is 239 g/mol. The van der Waals surface area contributed by atoms with Crippen LogP contribution >= 0.6 is 15.9 Å². The van der Waals surface area contributed by atoms with Gasteiger partial charge >= 0.3 is 0 Å². The molecular formula is C9H8BrFO2. The van der Waals surface area contributed by atoms with E-state index in [0.717, 1.165) is 0 Å². The van der Waals surface area contributed by atoms with E-state index in [2.05, 4.69) is 15.9 Å². The van der Waals surface area contributed by atoms with Gasteiger partial charge in [0.1, 0.15) is 5.78 Å². The molecule has 70 valence electrons. The van der Waals surface area contributed by atoms with Crippen molar-refractivity contribution in [3.05, 3.63) is 28.0 Å². The highest BCUT2D eigenvalue weighted by molar-refractivity contribution is 9.10. The summed E-state index contributed by atoms with van der Waals surface area (Å²) in [5.74, 6) is -1.17. The predicted octanol–water partition coefficient (Wildman–Crippen LogP) is 2.43. The number of aromatic hydroxyl groups is 1. The average molecular weight is 247 g/mol. The molecule has 0 spiro atoms. The van der Waals surface area contributed by atoms with E-state index in [1.807, 2.05) is 0 Å². The molecule has 0 aromatic heterocycles. The van der Waals surface area contributed by atoms with Crippen molar-refractivity contribution < 1.29 is 14.3 Å². The average Bonchev–Trinajstić information content (AvgIpc) is 1.98. The normalized spacial score (nSPS) is 10.1. The second-order valence-corrected chi connectivity index (χ2v) is 3.64. The fourth-order valence-corrected chi connectivity index (χ4v) is 1.52. The van der Waals surface area contributed by atoms with E-state index in [0.29, 0.717) is 5.56 Å². The topological polar surface area (TPSA) is 37.3 Å². The van der Waals surface area contributed by atoms with E-state index in [1.54, 1.807) is 0 Å². The standard InChI is InChI=1S/C9H8BrFO2/c1-5(12)2-6-3-7(10)9(11)8(13)4-6/h3-4,13H,2H2,1H3. The maximum Gasteiger partial charge on any atom is 0.178 e. The van der Waals surface area contributed by atoms with Crippen LogP contribution in [0, 0.1) is 5.82 Å². The van der Waals surface area contributed by atoms with Crippen LogP contribution in [0.3, 0.4) is 0 Å². The number of phenolic OH excluding ortho intramolecular Hbond substituents is 1. The summed E-state index contributed by atoms with van der Waals surface area (Å²) in [7, 11) is 0. The molecule has 1 aromatic rings. The number of carbonyl (C=O) groups excluding carboxylic acids is 1. The molecule has 4 heteroatoms. The van der Waals surface area contributed by atoms with Gasteiger partial charge in [-0.2, -0.15) is 0 Å². The molecule has 0 amide bonds. The Kier molecular flexibility index (Phi) is 3.03. The number of hydrogen-bond donors (Lipinski definition) is 1. The Morgan fingerprint density at radius 1 is 1.62 bits per heavy atom. The molecule has 2 nitrogen and oxygen atoms in total. The van der Waals surface area contributed by atoms with Crippen LogP contribution in [0.4, 0.5) is 4.39 Å². The summed E-state index contributed by atoms with van der Waals surface area (Å²) in [5, 5.41) is 9.08. The van der Waals surface area contributed by atoms with Crippen LogP contribution in [0.1, 0.15) is 12.5 Å². The van der Waals surface area contributed by atoms with E-state index >= 15 is 0 Å². The molecule has 0 saturated heterocycles. The van der Waals surface area contributed by atoms with Crippen molar-refractivity contribution in [3.8, 4) is 5.75 Å². The molecule has 1 rings (SSSR count). The van der Waals surface area contributed by atoms with Gasteiger partial charge in [0.25, 0.3) is 0 Å². The van der Waals surface area contributed by atoms with Crippen LogP contribution in [0.15, 0.2) is 16.6 Å². The summed E-state index contributed by atoms with van der Waals surface area (Å²) in [6.45, 7) is 1.44. The van der Waals surface area contributed by atoms with Crippen LogP contribution < -0.4 is 0 Å². The summed E-state index contributed by atoms with van der Waals surface area (Å²) in [6.07, 6.45) is 0.201.